The maximum atomic E-state index is 12.4. The first-order valence-electron chi connectivity index (χ1n) is 7.09. The summed E-state index contributed by atoms with van der Waals surface area (Å²) in [4.78, 5) is 12.4. The van der Waals surface area contributed by atoms with Gasteiger partial charge in [-0.3, -0.25) is 4.79 Å². The Morgan fingerprint density at radius 2 is 1.95 bits per heavy atom. The number of hydrogen-bond acceptors (Lipinski definition) is 4. The highest BCUT2D eigenvalue weighted by atomic mass is 16.5. The first kappa shape index (κ1) is 15.3. The lowest BCUT2D eigenvalue weighted by Gasteiger charge is -2.18. The second kappa shape index (κ2) is 6.59. The molecule has 4 atom stereocenters. The quantitative estimate of drug-likeness (QED) is 0.924. The Balaban J connectivity index is 1.98. The number of carbonyl (C=O) groups excluding carboxylic acids is 1. The highest BCUT2D eigenvalue weighted by molar-refractivity contribution is 5.93. The molecule has 0 radical (unpaired) electrons. The molecule has 0 bridgehead atoms. The second-order valence-electron chi connectivity index (χ2n) is 5.39. The van der Waals surface area contributed by atoms with Crippen molar-refractivity contribution in [2.45, 2.75) is 33.0 Å². The highest BCUT2D eigenvalue weighted by Crippen LogP contribution is 2.33. The number of hydrogen-bond donors (Lipinski definition) is 1. The number of nitriles is 1. The van der Waals surface area contributed by atoms with Gasteiger partial charge in [0, 0.05) is 5.69 Å². The fourth-order valence-electron chi connectivity index (χ4n) is 2.69. The number of nitrogens with one attached hydrogen (secondary N) is 1. The van der Waals surface area contributed by atoms with Gasteiger partial charge in [-0.15, -0.1) is 0 Å². The molecule has 5 heteroatoms. The topological polar surface area (TPSA) is 71.3 Å². The van der Waals surface area contributed by atoms with E-state index in [0.717, 1.165) is 0 Å². The van der Waals surface area contributed by atoms with Crippen molar-refractivity contribution in [2.24, 2.45) is 11.8 Å². The van der Waals surface area contributed by atoms with Crippen molar-refractivity contribution in [3.63, 3.8) is 0 Å². The van der Waals surface area contributed by atoms with Crippen LogP contribution in [-0.4, -0.2) is 24.7 Å². The van der Waals surface area contributed by atoms with E-state index >= 15 is 0 Å². The summed E-state index contributed by atoms with van der Waals surface area (Å²) >= 11 is 0. The van der Waals surface area contributed by atoms with Gasteiger partial charge < -0.3 is 14.8 Å². The molecule has 1 heterocycles. The van der Waals surface area contributed by atoms with Gasteiger partial charge in [0.1, 0.15) is 11.8 Å². The van der Waals surface area contributed by atoms with E-state index in [2.05, 4.69) is 5.32 Å². The van der Waals surface area contributed by atoms with E-state index in [1.54, 1.807) is 24.3 Å². The summed E-state index contributed by atoms with van der Waals surface area (Å²) in [6.07, 6.45) is 0.0192. The summed E-state index contributed by atoms with van der Waals surface area (Å²) in [5.74, 6) is 0.631. The first-order valence-corrected chi connectivity index (χ1v) is 7.09. The molecular formula is C16H20N2O3. The van der Waals surface area contributed by atoms with Gasteiger partial charge in [-0.2, -0.15) is 5.26 Å². The zero-order valence-corrected chi connectivity index (χ0v) is 12.5. The molecule has 1 aliphatic heterocycles. The number of rotatable bonds is 4. The maximum Gasteiger partial charge on any atom is 0.230 e. The predicted octanol–water partition coefficient (Wildman–Crippen LogP) is 2.59. The van der Waals surface area contributed by atoms with Crippen LogP contribution in [0.5, 0.6) is 5.75 Å². The number of amides is 1. The molecular weight excluding hydrogens is 268 g/mol. The molecule has 0 aliphatic carbocycles. The molecule has 2 rings (SSSR count). The summed E-state index contributed by atoms with van der Waals surface area (Å²) in [6, 6.07) is 8.89. The molecule has 1 amide bonds. The number of carbonyl (C=O) groups is 1. The summed E-state index contributed by atoms with van der Waals surface area (Å²) in [7, 11) is 0. The Morgan fingerprint density at radius 1 is 1.29 bits per heavy atom. The third kappa shape index (κ3) is 3.53. The predicted molar refractivity (Wildman–Crippen MR) is 78.8 cm³/mol. The molecule has 21 heavy (non-hydrogen) atoms. The molecule has 5 nitrogen and oxygen atoms in total. The van der Waals surface area contributed by atoms with Crippen LogP contribution in [0.25, 0.3) is 0 Å². The fraction of sp³-hybridized carbons (Fsp3) is 0.500. The lowest BCUT2D eigenvalue weighted by atomic mass is 9.89. The van der Waals surface area contributed by atoms with E-state index < -0.39 is 0 Å². The monoisotopic (exact) mass is 288 g/mol. The van der Waals surface area contributed by atoms with Gasteiger partial charge in [0.25, 0.3) is 0 Å². The fourth-order valence-corrected chi connectivity index (χ4v) is 2.69. The van der Waals surface area contributed by atoms with Gasteiger partial charge in [0.2, 0.25) is 5.91 Å². The van der Waals surface area contributed by atoms with Crippen LogP contribution in [0.1, 0.15) is 20.8 Å². The molecule has 1 aromatic carbocycles. The van der Waals surface area contributed by atoms with Crippen LogP contribution < -0.4 is 10.1 Å². The van der Waals surface area contributed by atoms with E-state index in [-0.39, 0.29) is 36.6 Å². The van der Waals surface area contributed by atoms with E-state index in [1.165, 1.54) is 0 Å². The number of anilines is 1. The van der Waals surface area contributed by atoms with Crippen molar-refractivity contribution in [3.05, 3.63) is 24.3 Å². The minimum atomic E-state index is -0.144. The highest BCUT2D eigenvalue weighted by Gasteiger charge is 2.41. The molecule has 1 aliphatic rings. The summed E-state index contributed by atoms with van der Waals surface area (Å²) < 4.78 is 10.9. The third-order valence-corrected chi connectivity index (χ3v) is 3.97. The van der Waals surface area contributed by atoms with Crippen molar-refractivity contribution < 1.29 is 14.3 Å². The molecule has 1 fully saturated rings. The van der Waals surface area contributed by atoms with E-state index in [0.29, 0.717) is 11.4 Å². The average molecular weight is 288 g/mol. The maximum absolute atomic E-state index is 12.4. The summed E-state index contributed by atoms with van der Waals surface area (Å²) in [6.45, 7) is 5.98. The zero-order chi connectivity index (χ0) is 15.4. The van der Waals surface area contributed by atoms with Crippen molar-refractivity contribution in [1.82, 2.24) is 0 Å². The Morgan fingerprint density at radius 3 is 2.48 bits per heavy atom. The lowest BCUT2D eigenvalue weighted by Crippen LogP contribution is -2.31. The number of ether oxygens (including phenoxy) is 2. The smallest absolute Gasteiger partial charge is 0.230 e. The van der Waals surface area contributed by atoms with Gasteiger partial charge in [-0.1, -0.05) is 6.92 Å². The van der Waals surface area contributed by atoms with Crippen LogP contribution in [0, 0.1) is 23.2 Å². The van der Waals surface area contributed by atoms with Crippen LogP contribution in [0.3, 0.4) is 0 Å². The molecule has 1 aromatic rings. The SMILES string of the molecule is CC1OC(C)C(C(=O)Nc2ccc(OCC#N)cc2)C1C. The lowest BCUT2D eigenvalue weighted by molar-refractivity contribution is -0.121. The Kier molecular flexibility index (Phi) is 4.81. The van der Waals surface area contributed by atoms with E-state index in [4.69, 9.17) is 14.7 Å². The molecule has 0 spiro atoms. The van der Waals surface area contributed by atoms with Crippen molar-refractivity contribution in [2.75, 3.05) is 11.9 Å². The zero-order valence-electron chi connectivity index (χ0n) is 12.5. The minimum Gasteiger partial charge on any atom is -0.479 e. The molecule has 0 aromatic heterocycles. The van der Waals surface area contributed by atoms with Gasteiger partial charge >= 0.3 is 0 Å². The minimum absolute atomic E-state index is 0.0119. The largest absolute Gasteiger partial charge is 0.479 e. The van der Waals surface area contributed by atoms with Gasteiger partial charge in [0.15, 0.2) is 6.61 Å². The van der Waals surface area contributed by atoms with Crippen molar-refractivity contribution in [1.29, 1.82) is 5.26 Å². The van der Waals surface area contributed by atoms with Crippen LogP contribution in [0.2, 0.25) is 0 Å². The van der Waals surface area contributed by atoms with E-state index in [9.17, 15) is 4.79 Å². The normalized spacial score (nSPS) is 27.9. The molecule has 1 saturated heterocycles. The first-order chi connectivity index (χ1) is 10.0. The molecule has 1 N–H and O–H groups in total. The standard InChI is InChI=1S/C16H20N2O3/c1-10-11(2)21-12(3)15(10)16(19)18-13-4-6-14(7-5-13)20-9-8-17/h4-7,10-12,15H,9H2,1-3H3,(H,18,19). The molecule has 4 unspecified atom stereocenters. The van der Waals surface area contributed by atoms with Gasteiger partial charge in [0.05, 0.1) is 18.1 Å². The molecule has 112 valence electrons. The summed E-state index contributed by atoms with van der Waals surface area (Å²) in [5, 5.41) is 11.4. The van der Waals surface area contributed by atoms with Crippen molar-refractivity contribution >= 4 is 11.6 Å². The van der Waals surface area contributed by atoms with Crippen LogP contribution in [0.4, 0.5) is 5.69 Å². The van der Waals surface area contributed by atoms with Crippen LogP contribution in [-0.2, 0) is 9.53 Å². The Labute approximate surface area is 124 Å². The van der Waals surface area contributed by atoms with Crippen LogP contribution in [0.15, 0.2) is 24.3 Å². The van der Waals surface area contributed by atoms with Gasteiger partial charge in [-0.25, -0.2) is 0 Å². The third-order valence-electron chi connectivity index (χ3n) is 3.97. The Bertz CT molecular complexity index is 535. The number of benzene rings is 1. The Hall–Kier alpha value is -2.06. The van der Waals surface area contributed by atoms with Gasteiger partial charge in [-0.05, 0) is 44.0 Å². The second-order valence-corrected chi connectivity index (χ2v) is 5.39. The van der Waals surface area contributed by atoms with E-state index in [1.807, 2.05) is 26.8 Å². The van der Waals surface area contributed by atoms with Crippen LogP contribution >= 0.6 is 0 Å². The average Bonchev–Trinajstić information content (AvgIpc) is 2.71. The number of nitrogens with zero attached hydrogens (tertiary/aromatic N) is 1. The molecule has 0 saturated carbocycles. The van der Waals surface area contributed by atoms with Crippen molar-refractivity contribution in [3.8, 4) is 11.8 Å². The summed E-state index contributed by atoms with van der Waals surface area (Å²) in [5.41, 5.74) is 0.711.